The molecule has 0 saturated heterocycles. The lowest BCUT2D eigenvalue weighted by atomic mass is 9.99. The lowest BCUT2D eigenvalue weighted by Crippen LogP contribution is -2.09. The Morgan fingerprint density at radius 1 is 0.203 bits per heavy atom. The molecule has 0 N–H and O–H groups in total. The van der Waals surface area contributed by atoms with Gasteiger partial charge < -0.3 is 14.0 Å². The number of hydrogen-bond acceptors (Lipinski definition) is 1. The quantitative estimate of drug-likeness (QED) is 0.141. The Bertz CT molecular complexity index is 3860. The summed E-state index contributed by atoms with van der Waals surface area (Å²) in [6, 6.07) is 99.0. The molecule has 69 heavy (non-hydrogen) atoms. The molecule has 0 aliphatic rings. The molecule has 11 aromatic carbocycles. The minimum absolute atomic E-state index is 1.09. The number of anilines is 3. The number of nitrogens with zero attached hydrogens (tertiary/aromatic N) is 3. The summed E-state index contributed by atoms with van der Waals surface area (Å²) in [6.07, 6.45) is 0. The van der Waals surface area contributed by atoms with Gasteiger partial charge in [0, 0.05) is 50.0 Å². The van der Waals surface area contributed by atoms with Crippen LogP contribution in [0.4, 0.5) is 17.1 Å². The van der Waals surface area contributed by atoms with E-state index in [2.05, 4.69) is 287 Å². The third-order valence-electron chi connectivity index (χ3n) is 13.7. The Balaban J connectivity index is 0.904. The summed E-state index contributed by atoms with van der Waals surface area (Å²) in [7, 11) is 0. The maximum absolute atomic E-state index is 2.40. The first-order valence-electron chi connectivity index (χ1n) is 23.7. The third-order valence-corrected chi connectivity index (χ3v) is 13.7. The van der Waals surface area contributed by atoms with Gasteiger partial charge in [0.15, 0.2) is 0 Å². The van der Waals surface area contributed by atoms with Gasteiger partial charge in [0.25, 0.3) is 0 Å². The molecular weight excluding hydrogens is 835 g/mol. The van der Waals surface area contributed by atoms with Crippen LogP contribution < -0.4 is 4.90 Å². The summed E-state index contributed by atoms with van der Waals surface area (Å²) >= 11 is 0. The number of para-hydroxylation sites is 3. The second-order valence-corrected chi connectivity index (χ2v) is 17.8. The molecule has 3 heteroatoms. The van der Waals surface area contributed by atoms with E-state index in [-0.39, 0.29) is 0 Å². The Hall–Kier alpha value is -9.18. The number of rotatable bonds is 9. The zero-order chi connectivity index (χ0) is 45.7. The fourth-order valence-corrected chi connectivity index (χ4v) is 10.4. The van der Waals surface area contributed by atoms with Crippen LogP contribution in [0.25, 0.3) is 99.5 Å². The Labute approximate surface area is 401 Å². The lowest BCUT2D eigenvalue weighted by Gasteiger charge is -2.26. The average molecular weight is 880 g/mol. The summed E-state index contributed by atoms with van der Waals surface area (Å²) in [5.74, 6) is 0. The average Bonchev–Trinajstić information content (AvgIpc) is 3.94. The SMILES string of the molecule is c1ccc(-c2ccc(N(c3ccc(-c4ccccc4)cc3)c3ccc(-c4ccc5c(c4)c4cc(-c6ccc7c(c6)c6ccccc6n7-c6ccccc6)ccc4n5-c4ccccc4)cc3)cc2)cc1. The van der Waals surface area contributed by atoms with Crippen LogP contribution in [0.5, 0.6) is 0 Å². The minimum atomic E-state index is 1.09. The first-order chi connectivity index (χ1) is 34.2. The van der Waals surface area contributed by atoms with Crippen LogP contribution >= 0.6 is 0 Å². The molecule has 13 rings (SSSR count). The molecule has 2 aromatic heterocycles. The predicted molar refractivity (Wildman–Crippen MR) is 292 cm³/mol. The van der Waals surface area contributed by atoms with Gasteiger partial charge in [-0.25, -0.2) is 0 Å². The van der Waals surface area contributed by atoms with Crippen molar-refractivity contribution in [1.29, 1.82) is 0 Å². The third kappa shape index (κ3) is 7.16. The normalized spacial score (nSPS) is 11.5. The van der Waals surface area contributed by atoms with Crippen molar-refractivity contribution in [3.05, 3.63) is 273 Å². The molecule has 0 unspecified atom stereocenters. The van der Waals surface area contributed by atoms with E-state index in [4.69, 9.17) is 0 Å². The lowest BCUT2D eigenvalue weighted by molar-refractivity contribution is 1.18. The number of aromatic nitrogens is 2. The van der Waals surface area contributed by atoms with Crippen LogP contribution in [-0.2, 0) is 0 Å². The molecule has 0 aliphatic heterocycles. The molecule has 0 fully saturated rings. The van der Waals surface area contributed by atoms with Crippen molar-refractivity contribution >= 4 is 60.7 Å². The van der Waals surface area contributed by atoms with Gasteiger partial charge in [0.1, 0.15) is 0 Å². The van der Waals surface area contributed by atoms with Gasteiger partial charge in [0.05, 0.1) is 22.1 Å². The zero-order valence-electron chi connectivity index (χ0n) is 37.8. The molecule has 13 aromatic rings. The van der Waals surface area contributed by atoms with Crippen molar-refractivity contribution in [2.45, 2.75) is 0 Å². The van der Waals surface area contributed by atoms with Gasteiger partial charge in [-0.05, 0) is 148 Å². The summed E-state index contributed by atoms with van der Waals surface area (Å²) in [5.41, 5.74) is 19.9. The highest BCUT2D eigenvalue weighted by Crippen LogP contribution is 2.41. The van der Waals surface area contributed by atoms with Gasteiger partial charge in [-0.2, -0.15) is 0 Å². The van der Waals surface area contributed by atoms with Crippen molar-refractivity contribution in [3.63, 3.8) is 0 Å². The van der Waals surface area contributed by atoms with Crippen LogP contribution in [-0.4, -0.2) is 9.13 Å². The van der Waals surface area contributed by atoms with E-state index in [1.165, 1.54) is 82.6 Å². The topological polar surface area (TPSA) is 13.1 Å². The number of fused-ring (bicyclic) bond motifs is 6. The molecular formula is C66H45N3. The van der Waals surface area contributed by atoms with E-state index in [1.54, 1.807) is 0 Å². The Morgan fingerprint density at radius 2 is 0.478 bits per heavy atom. The van der Waals surface area contributed by atoms with E-state index in [0.29, 0.717) is 0 Å². The van der Waals surface area contributed by atoms with Crippen molar-refractivity contribution in [2.75, 3.05) is 4.90 Å². The van der Waals surface area contributed by atoms with Crippen LogP contribution in [0.15, 0.2) is 273 Å². The number of hydrogen-bond donors (Lipinski definition) is 0. The molecule has 0 saturated carbocycles. The predicted octanol–water partition coefficient (Wildman–Crippen LogP) is 18.0. The van der Waals surface area contributed by atoms with E-state index >= 15 is 0 Å². The van der Waals surface area contributed by atoms with Crippen molar-refractivity contribution in [1.82, 2.24) is 9.13 Å². The summed E-state index contributed by atoms with van der Waals surface area (Å²) in [5, 5.41) is 4.94. The minimum Gasteiger partial charge on any atom is -0.311 e. The second-order valence-electron chi connectivity index (χ2n) is 17.8. The largest absolute Gasteiger partial charge is 0.311 e. The Kier molecular flexibility index (Phi) is 9.84. The monoisotopic (exact) mass is 879 g/mol. The summed E-state index contributed by atoms with van der Waals surface area (Å²) in [6.45, 7) is 0. The van der Waals surface area contributed by atoms with Crippen molar-refractivity contribution < 1.29 is 0 Å². The first-order valence-corrected chi connectivity index (χ1v) is 23.7. The maximum Gasteiger partial charge on any atom is 0.0541 e. The van der Waals surface area contributed by atoms with Gasteiger partial charge in [-0.15, -0.1) is 0 Å². The zero-order valence-corrected chi connectivity index (χ0v) is 37.8. The van der Waals surface area contributed by atoms with Crippen molar-refractivity contribution in [2.24, 2.45) is 0 Å². The van der Waals surface area contributed by atoms with E-state index in [0.717, 1.165) is 34.0 Å². The van der Waals surface area contributed by atoms with Crippen LogP contribution in [0.3, 0.4) is 0 Å². The van der Waals surface area contributed by atoms with Gasteiger partial charge in [0.2, 0.25) is 0 Å². The maximum atomic E-state index is 2.40. The van der Waals surface area contributed by atoms with Crippen LogP contribution in [0.2, 0.25) is 0 Å². The first kappa shape index (κ1) is 40.1. The molecule has 0 bridgehead atoms. The molecule has 324 valence electrons. The molecule has 0 aliphatic carbocycles. The fraction of sp³-hybridized carbons (Fsp3) is 0. The second kappa shape index (κ2) is 16.9. The molecule has 3 nitrogen and oxygen atoms in total. The van der Waals surface area contributed by atoms with E-state index < -0.39 is 0 Å². The molecule has 0 atom stereocenters. The van der Waals surface area contributed by atoms with Gasteiger partial charge >= 0.3 is 0 Å². The van der Waals surface area contributed by atoms with Crippen molar-refractivity contribution in [3.8, 4) is 55.9 Å². The van der Waals surface area contributed by atoms with Gasteiger partial charge in [-0.3, -0.25) is 0 Å². The van der Waals surface area contributed by atoms with Crippen LogP contribution in [0, 0.1) is 0 Å². The smallest absolute Gasteiger partial charge is 0.0541 e. The molecule has 2 heterocycles. The molecule has 0 amide bonds. The Morgan fingerprint density at radius 3 is 0.884 bits per heavy atom. The number of benzene rings is 11. The summed E-state index contributed by atoms with van der Waals surface area (Å²) < 4.78 is 4.78. The fourth-order valence-electron chi connectivity index (χ4n) is 10.4. The van der Waals surface area contributed by atoms with Crippen LogP contribution in [0.1, 0.15) is 0 Å². The van der Waals surface area contributed by atoms with Gasteiger partial charge in [-0.1, -0.05) is 170 Å². The molecule has 0 radical (unpaired) electrons. The van der Waals surface area contributed by atoms with E-state index in [9.17, 15) is 0 Å². The highest BCUT2D eigenvalue weighted by atomic mass is 15.1. The highest BCUT2D eigenvalue weighted by molar-refractivity contribution is 6.13. The summed E-state index contributed by atoms with van der Waals surface area (Å²) in [4.78, 5) is 2.35. The highest BCUT2D eigenvalue weighted by Gasteiger charge is 2.18. The molecule has 0 spiro atoms. The van der Waals surface area contributed by atoms with E-state index in [1.807, 2.05) is 0 Å². The standard InChI is InChI=1S/C66H45N3/c1-5-15-46(16-6-1)48-25-34-56(35-26-48)67(57-36-27-49(28-37-57)47-17-7-2-8-18-47)58-38-29-50(30-39-58)51-31-40-65-61(43-51)62-45-53(33-42-66(62)69(65)55-21-11-4-12-22-55)52-32-41-64-60(44-52)59-23-13-14-24-63(59)68(64)54-19-9-3-10-20-54/h1-45H.